The second kappa shape index (κ2) is 4.82. The van der Waals surface area contributed by atoms with E-state index >= 15 is 0 Å². The molecule has 0 aliphatic heterocycles. The molecule has 0 aromatic carbocycles. The summed E-state index contributed by atoms with van der Waals surface area (Å²) < 4.78 is 57.5. The summed E-state index contributed by atoms with van der Waals surface area (Å²) in [4.78, 5) is 0. The van der Waals surface area contributed by atoms with Crippen molar-refractivity contribution in [3.05, 3.63) is 0 Å². The van der Waals surface area contributed by atoms with Crippen LogP contribution in [0.5, 0.6) is 0 Å². The van der Waals surface area contributed by atoms with Crippen LogP contribution in [0.15, 0.2) is 0 Å². The smallest absolute Gasteiger partial charge is 1.00 e. The second-order valence-electron chi connectivity index (χ2n) is 0.921. The standard InChI is InChI=1S/CHF3O3S.HI.Li/c2-1(3,4)8(5,6)7;;/h(H,5,6,7);1H;/q;;+1/p-1. The zero-order valence-electron chi connectivity index (χ0n) is 4.68. The van der Waals surface area contributed by atoms with Crippen LogP contribution in [-0.4, -0.2) is 18.5 Å². The minimum Gasteiger partial charge on any atom is -1.00 e. The third-order valence-electron chi connectivity index (χ3n) is 0.292. The van der Waals surface area contributed by atoms with Crippen LogP contribution in [0, 0.1) is 0 Å². The van der Waals surface area contributed by atoms with Crippen LogP contribution in [0.25, 0.3) is 0 Å². The van der Waals surface area contributed by atoms with Gasteiger partial charge in [-0.3, -0.25) is 4.55 Å². The molecule has 0 aromatic rings. The summed E-state index contributed by atoms with van der Waals surface area (Å²) in [6.07, 6.45) is 0. The molecule has 0 saturated carbocycles. The summed E-state index contributed by atoms with van der Waals surface area (Å²) in [7, 11) is -5.84. The average molecular weight is 284 g/mol. The van der Waals surface area contributed by atoms with Crippen molar-refractivity contribution >= 4 is 10.1 Å². The molecule has 0 aliphatic rings. The van der Waals surface area contributed by atoms with Gasteiger partial charge in [0.15, 0.2) is 0 Å². The van der Waals surface area contributed by atoms with Crippen LogP contribution in [0.2, 0.25) is 0 Å². The molecule has 0 fully saturated rings. The largest absolute Gasteiger partial charge is 1.00 e. The first-order chi connectivity index (χ1) is 3.25. The van der Waals surface area contributed by atoms with E-state index in [1.807, 2.05) is 0 Å². The van der Waals surface area contributed by atoms with Crippen LogP contribution in [-0.2, 0) is 10.1 Å². The maximum Gasteiger partial charge on any atom is 1.00 e. The first kappa shape index (κ1) is 17.2. The summed E-state index contributed by atoms with van der Waals surface area (Å²) in [5.41, 5.74) is -5.53. The Morgan fingerprint density at radius 1 is 1.20 bits per heavy atom. The zero-order chi connectivity index (χ0) is 7.00. The Kier molecular flexibility index (Phi) is 8.29. The van der Waals surface area contributed by atoms with Crippen molar-refractivity contribution < 1.29 is 69.0 Å². The minimum absolute atomic E-state index is 0. The van der Waals surface area contributed by atoms with Crippen molar-refractivity contribution in [2.45, 2.75) is 5.51 Å². The summed E-state index contributed by atoms with van der Waals surface area (Å²) in [5.74, 6) is 0. The van der Waals surface area contributed by atoms with Gasteiger partial charge in [-0.15, -0.1) is 0 Å². The number of hydrogen-bond acceptors (Lipinski definition) is 2. The van der Waals surface area contributed by atoms with Crippen molar-refractivity contribution in [1.82, 2.24) is 0 Å². The molecule has 0 amide bonds. The Labute approximate surface area is 84.3 Å². The van der Waals surface area contributed by atoms with Crippen molar-refractivity contribution in [2.24, 2.45) is 0 Å². The van der Waals surface area contributed by atoms with Gasteiger partial charge in [0, 0.05) is 0 Å². The maximum absolute atomic E-state index is 10.7. The molecule has 1 N–H and O–H groups in total. The van der Waals surface area contributed by atoms with E-state index in [1.54, 1.807) is 0 Å². The van der Waals surface area contributed by atoms with Gasteiger partial charge in [0.05, 0.1) is 0 Å². The van der Waals surface area contributed by atoms with Crippen LogP contribution >= 0.6 is 0 Å². The molecule has 0 rings (SSSR count). The summed E-state index contributed by atoms with van der Waals surface area (Å²) in [6.45, 7) is 0. The molecule has 0 aliphatic carbocycles. The second-order valence-corrected chi connectivity index (χ2v) is 2.33. The van der Waals surface area contributed by atoms with Gasteiger partial charge in [0.25, 0.3) is 0 Å². The van der Waals surface area contributed by atoms with Gasteiger partial charge in [-0.2, -0.15) is 21.6 Å². The van der Waals surface area contributed by atoms with Gasteiger partial charge in [-0.1, -0.05) is 0 Å². The van der Waals surface area contributed by atoms with Crippen LogP contribution < -0.4 is 42.8 Å². The van der Waals surface area contributed by atoms with Gasteiger partial charge in [0.1, 0.15) is 0 Å². The van der Waals surface area contributed by atoms with E-state index in [0.29, 0.717) is 0 Å². The van der Waals surface area contributed by atoms with E-state index in [4.69, 9.17) is 13.0 Å². The summed E-state index contributed by atoms with van der Waals surface area (Å²) in [5, 5.41) is 0. The van der Waals surface area contributed by atoms with E-state index in [-0.39, 0.29) is 42.8 Å². The Bertz CT molecular complexity index is 173. The third kappa shape index (κ3) is 5.79. The van der Waals surface area contributed by atoms with E-state index in [9.17, 15) is 13.2 Å². The normalized spacial score (nSPS) is 11.2. The average Bonchev–Trinajstić information content (AvgIpc) is 1.25. The Hall–Kier alpha value is 1.03. The summed E-state index contributed by atoms with van der Waals surface area (Å²) >= 11 is 0. The molecule has 58 valence electrons. The van der Waals surface area contributed by atoms with Gasteiger partial charge < -0.3 is 24.0 Å². The predicted molar refractivity (Wildman–Crippen MR) is 17.6 cm³/mol. The monoisotopic (exact) mass is 284 g/mol. The predicted octanol–water partition coefficient (Wildman–Crippen LogP) is -5.60. The van der Waals surface area contributed by atoms with Gasteiger partial charge >= 0.3 is 34.5 Å². The number of rotatable bonds is 0. The molecule has 0 saturated heterocycles. The van der Waals surface area contributed by atoms with E-state index in [2.05, 4.69) is 0 Å². The van der Waals surface area contributed by atoms with E-state index < -0.39 is 15.6 Å². The van der Waals surface area contributed by atoms with Crippen molar-refractivity contribution in [3.63, 3.8) is 0 Å². The molecule has 0 spiro atoms. The molecule has 9 heteroatoms. The molecule has 3 nitrogen and oxygen atoms in total. The topological polar surface area (TPSA) is 54.4 Å². The molecule has 0 atom stereocenters. The zero-order valence-corrected chi connectivity index (χ0v) is 7.66. The fraction of sp³-hybridized carbons (Fsp3) is 1.00. The molecule has 0 radical (unpaired) electrons. The fourth-order valence-electron chi connectivity index (χ4n) is 0. The van der Waals surface area contributed by atoms with E-state index in [0.717, 1.165) is 0 Å². The molecule has 0 unspecified atom stereocenters. The van der Waals surface area contributed by atoms with E-state index in [1.165, 1.54) is 0 Å². The SMILES string of the molecule is O=S(=O)(O)C(F)(F)F.[I-].[Li+]. The van der Waals surface area contributed by atoms with Crippen molar-refractivity contribution in [3.8, 4) is 0 Å². The number of halogens is 4. The fourth-order valence-corrected chi connectivity index (χ4v) is 0. The molecular weight excluding hydrogens is 283 g/mol. The quantitative estimate of drug-likeness (QED) is 0.209. The summed E-state index contributed by atoms with van der Waals surface area (Å²) in [6, 6.07) is 0. The Morgan fingerprint density at radius 3 is 1.30 bits per heavy atom. The van der Waals surface area contributed by atoms with Gasteiger partial charge in [0.2, 0.25) is 0 Å². The number of hydrogen-bond donors (Lipinski definition) is 1. The Morgan fingerprint density at radius 2 is 1.30 bits per heavy atom. The van der Waals surface area contributed by atoms with Gasteiger partial charge in [-0.25, -0.2) is 0 Å². The van der Waals surface area contributed by atoms with Crippen LogP contribution in [0.3, 0.4) is 0 Å². The van der Waals surface area contributed by atoms with Crippen molar-refractivity contribution in [1.29, 1.82) is 0 Å². The molecule has 0 heterocycles. The number of alkyl halides is 3. The molecule has 0 bridgehead atoms. The minimum atomic E-state index is -5.84. The van der Waals surface area contributed by atoms with Crippen LogP contribution in [0.1, 0.15) is 0 Å². The van der Waals surface area contributed by atoms with Crippen molar-refractivity contribution in [2.75, 3.05) is 0 Å². The first-order valence-electron chi connectivity index (χ1n) is 1.29. The van der Waals surface area contributed by atoms with Crippen LogP contribution in [0.4, 0.5) is 13.2 Å². The first-order valence-corrected chi connectivity index (χ1v) is 2.73. The third-order valence-corrected chi connectivity index (χ3v) is 0.877. The molecule has 0 aromatic heterocycles. The molecule has 10 heavy (non-hydrogen) atoms. The van der Waals surface area contributed by atoms with Gasteiger partial charge in [-0.05, 0) is 0 Å². The maximum atomic E-state index is 10.7. The molecular formula is CHF3ILiO3S. The Balaban J connectivity index is -0.000000245.